The van der Waals surface area contributed by atoms with Crippen LogP contribution >= 0.6 is 7.82 Å². The fourth-order valence-electron chi connectivity index (χ4n) is 5.93. The first-order valence-electron chi connectivity index (χ1n) is 20.4. The lowest BCUT2D eigenvalue weighted by atomic mass is 10.0. The van der Waals surface area contributed by atoms with Crippen LogP contribution in [0, 0.1) is 0 Å². The molecule has 51 heavy (non-hydrogen) atoms. The number of esters is 2. The van der Waals surface area contributed by atoms with Crippen LogP contribution in [0.5, 0.6) is 0 Å². The van der Waals surface area contributed by atoms with Gasteiger partial charge in [0.25, 0.3) is 0 Å². The fraction of sp³-hybridized carbons (Fsp3) is 0.805. The highest BCUT2D eigenvalue weighted by Gasteiger charge is 2.36. The van der Waals surface area contributed by atoms with Crippen molar-refractivity contribution >= 4 is 19.8 Å². The molecule has 9 nitrogen and oxygen atoms in total. The zero-order valence-electron chi connectivity index (χ0n) is 32.2. The Hall–Kier alpha value is -1.77. The van der Waals surface area contributed by atoms with E-state index in [0.717, 1.165) is 44.9 Å². The molecule has 0 aromatic heterocycles. The largest absolute Gasteiger partial charge is 0.469 e. The van der Waals surface area contributed by atoms with Crippen LogP contribution in [0.15, 0.2) is 36.5 Å². The van der Waals surface area contributed by atoms with E-state index in [2.05, 4.69) is 54.8 Å². The predicted molar refractivity (Wildman–Crippen MR) is 206 cm³/mol. The number of carbonyl (C=O) groups is 2. The van der Waals surface area contributed by atoms with E-state index in [-0.39, 0.29) is 31.7 Å². The smallest absolute Gasteiger partial charge is 0.462 e. The van der Waals surface area contributed by atoms with Crippen molar-refractivity contribution in [2.24, 2.45) is 0 Å². The van der Waals surface area contributed by atoms with E-state index < -0.39 is 32.5 Å². The Balaban J connectivity index is 2.12. The number of hydrogen-bond donors (Lipinski definition) is 2. The van der Waals surface area contributed by atoms with Gasteiger partial charge < -0.3 is 24.0 Å². The zero-order valence-corrected chi connectivity index (χ0v) is 33.1. The Morgan fingerprint density at radius 1 is 0.627 bits per heavy atom. The Bertz CT molecular complexity index is 990. The van der Waals surface area contributed by atoms with E-state index in [0.29, 0.717) is 12.8 Å². The van der Waals surface area contributed by atoms with Gasteiger partial charge in [0.1, 0.15) is 6.61 Å². The summed E-state index contributed by atoms with van der Waals surface area (Å²) in [6.07, 6.45) is 40.3. The number of rotatable bonds is 36. The number of ether oxygens (including phenoxy) is 3. The van der Waals surface area contributed by atoms with Crippen LogP contribution in [0.3, 0.4) is 0 Å². The maximum Gasteiger partial charge on any atom is 0.469 e. The number of hydrogen-bond acceptors (Lipinski definition) is 7. The molecule has 2 unspecified atom stereocenters. The standard InChI is InChI=1S/C41H73O9P/c1-3-5-7-9-11-13-15-17-18-19-21-23-25-27-29-33-41(43)49-37(36-48-51(44,45)46)35-47-40(42)34-30-32-39-38(50-39)31-28-26-24-22-20-16-14-12-10-8-6-4-2/h12,14,20,22,26,28,37-39H,3-11,13,15-19,21,23-25,27,29-36H2,1-2H3,(H2,44,45,46)/b14-12-,22-20-,28-26-/t37-,38?,39?/m1/s1. The fourth-order valence-corrected chi connectivity index (χ4v) is 6.29. The van der Waals surface area contributed by atoms with Crippen LogP contribution in [0.4, 0.5) is 0 Å². The molecule has 1 saturated heterocycles. The lowest BCUT2D eigenvalue weighted by Gasteiger charge is -2.18. The lowest BCUT2D eigenvalue weighted by molar-refractivity contribution is -0.161. The molecular formula is C41H73O9P. The van der Waals surface area contributed by atoms with E-state index in [1.54, 1.807) is 0 Å². The second-order valence-electron chi connectivity index (χ2n) is 14.0. The first kappa shape index (κ1) is 47.3. The summed E-state index contributed by atoms with van der Waals surface area (Å²) in [7, 11) is -4.77. The quantitative estimate of drug-likeness (QED) is 0.0212. The number of carbonyl (C=O) groups excluding carboxylic acids is 2. The summed E-state index contributed by atoms with van der Waals surface area (Å²) in [6.45, 7) is 3.60. The SMILES string of the molecule is CCCCC/C=C\C/C=C\C/C=C\CC1OC1CCCC(=O)OC[C@H](COP(=O)(O)O)OC(=O)CCCCCCCCCCCCCCCCC. The van der Waals surface area contributed by atoms with Crippen molar-refractivity contribution in [1.29, 1.82) is 0 Å². The van der Waals surface area contributed by atoms with E-state index in [1.165, 1.54) is 96.3 Å². The Morgan fingerprint density at radius 3 is 1.73 bits per heavy atom. The predicted octanol–water partition coefficient (Wildman–Crippen LogP) is 11.2. The Morgan fingerprint density at radius 2 is 1.14 bits per heavy atom. The molecular weight excluding hydrogens is 667 g/mol. The molecule has 1 heterocycles. The second-order valence-corrected chi connectivity index (χ2v) is 15.2. The molecule has 0 amide bonds. The summed E-state index contributed by atoms with van der Waals surface area (Å²) in [5, 5.41) is 0. The second kappa shape index (κ2) is 32.8. The van der Waals surface area contributed by atoms with Crippen molar-refractivity contribution in [3.63, 3.8) is 0 Å². The summed E-state index contributed by atoms with van der Waals surface area (Å²) < 4.78 is 32.1. The summed E-state index contributed by atoms with van der Waals surface area (Å²) in [4.78, 5) is 42.9. The van der Waals surface area contributed by atoms with Crippen LogP contribution in [-0.2, 0) is 32.9 Å². The normalized spacial score (nSPS) is 16.8. The molecule has 296 valence electrons. The molecule has 0 aliphatic carbocycles. The molecule has 0 saturated carbocycles. The summed E-state index contributed by atoms with van der Waals surface area (Å²) in [5.41, 5.74) is 0. The molecule has 1 aliphatic heterocycles. The van der Waals surface area contributed by atoms with Gasteiger partial charge in [0.15, 0.2) is 6.10 Å². The van der Waals surface area contributed by atoms with Gasteiger partial charge in [-0.3, -0.25) is 14.1 Å². The van der Waals surface area contributed by atoms with Crippen LogP contribution < -0.4 is 0 Å². The molecule has 10 heteroatoms. The van der Waals surface area contributed by atoms with Crippen LogP contribution in [-0.4, -0.2) is 53.3 Å². The first-order chi connectivity index (χ1) is 24.7. The van der Waals surface area contributed by atoms with Gasteiger partial charge in [0.2, 0.25) is 0 Å². The summed E-state index contributed by atoms with van der Waals surface area (Å²) >= 11 is 0. The number of epoxide rings is 1. The highest BCUT2D eigenvalue weighted by atomic mass is 31.2. The van der Waals surface area contributed by atoms with Crippen molar-refractivity contribution in [2.75, 3.05) is 13.2 Å². The van der Waals surface area contributed by atoms with E-state index >= 15 is 0 Å². The van der Waals surface area contributed by atoms with Crippen molar-refractivity contribution < 1.29 is 42.7 Å². The third-order valence-corrected chi connectivity index (χ3v) is 9.57. The van der Waals surface area contributed by atoms with Gasteiger partial charge in [-0.25, -0.2) is 4.57 Å². The highest BCUT2D eigenvalue weighted by molar-refractivity contribution is 7.46. The van der Waals surface area contributed by atoms with E-state index in [1.807, 2.05) is 0 Å². The Kier molecular flexibility index (Phi) is 30.4. The summed E-state index contributed by atoms with van der Waals surface area (Å²) in [5.74, 6) is -0.957. The molecule has 0 aromatic rings. The molecule has 0 aromatic carbocycles. The third kappa shape index (κ3) is 32.6. The highest BCUT2D eigenvalue weighted by Crippen LogP contribution is 2.36. The molecule has 1 fully saturated rings. The minimum absolute atomic E-state index is 0.140. The third-order valence-electron chi connectivity index (χ3n) is 9.09. The van der Waals surface area contributed by atoms with Gasteiger partial charge in [-0.15, -0.1) is 0 Å². The van der Waals surface area contributed by atoms with E-state index in [4.69, 9.17) is 24.0 Å². The average molecular weight is 741 g/mol. The van der Waals surface area contributed by atoms with Gasteiger partial charge in [-0.1, -0.05) is 153 Å². The molecule has 0 radical (unpaired) electrons. The van der Waals surface area contributed by atoms with Crippen LogP contribution in [0.25, 0.3) is 0 Å². The minimum atomic E-state index is -4.77. The van der Waals surface area contributed by atoms with Gasteiger partial charge in [-0.2, -0.15) is 0 Å². The van der Waals surface area contributed by atoms with Crippen molar-refractivity contribution in [3.05, 3.63) is 36.5 Å². The first-order valence-corrected chi connectivity index (χ1v) is 21.9. The van der Waals surface area contributed by atoms with Crippen LogP contribution in [0.1, 0.15) is 181 Å². The molecule has 1 aliphatic rings. The van der Waals surface area contributed by atoms with Gasteiger partial charge in [-0.05, 0) is 51.4 Å². The van der Waals surface area contributed by atoms with Crippen LogP contribution in [0.2, 0.25) is 0 Å². The average Bonchev–Trinajstić information content (AvgIpc) is 3.85. The molecule has 3 atom stereocenters. The topological polar surface area (TPSA) is 132 Å². The maximum absolute atomic E-state index is 12.4. The van der Waals surface area contributed by atoms with Crippen molar-refractivity contribution in [3.8, 4) is 0 Å². The van der Waals surface area contributed by atoms with Crippen molar-refractivity contribution in [2.45, 2.75) is 199 Å². The molecule has 1 rings (SSSR count). The molecule has 0 bridgehead atoms. The zero-order chi connectivity index (χ0) is 37.3. The Labute approximate surface area is 310 Å². The van der Waals surface area contributed by atoms with Gasteiger partial charge in [0.05, 0.1) is 18.8 Å². The molecule has 0 spiro atoms. The number of unbranched alkanes of at least 4 members (excludes halogenated alkanes) is 17. The monoisotopic (exact) mass is 740 g/mol. The van der Waals surface area contributed by atoms with Crippen molar-refractivity contribution in [1.82, 2.24) is 0 Å². The van der Waals surface area contributed by atoms with Gasteiger partial charge >= 0.3 is 19.8 Å². The number of allylic oxidation sites excluding steroid dienone is 5. The molecule has 2 N–H and O–H groups in total. The van der Waals surface area contributed by atoms with E-state index in [9.17, 15) is 14.2 Å². The van der Waals surface area contributed by atoms with Gasteiger partial charge in [0, 0.05) is 12.8 Å². The maximum atomic E-state index is 12.4. The number of phosphoric ester groups is 1. The summed E-state index contributed by atoms with van der Waals surface area (Å²) in [6, 6.07) is 0. The lowest BCUT2D eigenvalue weighted by Crippen LogP contribution is -2.29. The number of phosphoric acid groups is 1. The minimum Gasteiger partial charge on any atom is -0.462 e.